The topological polar surface area (TPSA) is 44.5 Å². The second-order valence-electron chi connectivity index (χ2n) is 6.31. The lowest BCUT2D eigenvalue weighted by Gasteiger charge is -2.48. The van der Waals surface area contributed by atoms with E-state index in [0.717, 1.165) is 24.8 Å². The van der Waals surface area contributed by atoms with Gasteiger partial charge in [0.05, 0.1) is 12.2 Å². The van der Waals surface area contributed by atoms with Gasteiger partial charge >= 0.3 is 0 Å². The summed E-state index contributed by atoms with van der Waals surface area (Å²) < 4.78 is 25.3. The Balaban J connectivity index is 1.95. The summed E-state index contributed by atoms with van der Waals surface area (Å²) in [6, 6.07) is 4.51. The van der Waals surface area contributed by atoms with Crippen LogP contribution in [0.15, 0.2) is 18.2 Å². The molecule has 1 spiro atoms. The van der Waals surface area contributed by atoms with Gasteiger partial charge in [-0.25, -0.2) is 4.39 Å². The Morgan fingerprint density at radius 2 is 2.16 bits per heavy atom. The third-order valence-electron chi connectivity index (χ3n) is 4.09. The number of hydrogen-bond acceptors (Lipinski definition) is 3. The smallest absolute Gasteiger partial charge is 0.127 e. The molecule has 19 heavy (non-hydrogen) atoms. The number of ether oxygens (including phenoxy) is 2. The predicted molar refractivity (Wildman–Crippen MR) is 70.6 cm³/mol. The molecule has 1 unspecified atom stereocenters. The molecule has 1 aromatic rings. The van der Waals surface area contributed by atoms with E-state index in [1.54, 1.807) is 6.07 Å². The van der Waals surface area contributed by atoms with Crippen LogP contribution in [0.2, 0.25) is 0 Å². The monoisotopic (exact) mass is 265 g/mol. The van der Waals surface area contributed by atoms with Crippen LogP contribution in [0.3, 0.4) is 0 Å². The van der Waals surface area contributed by atoms with E-state index in [2.05, 4.69) is 13.8 Å². The van der Waals surface area contributed by atoms with Gasteiger partial charge in [-0.15, -0.1) is 0 Å². The Bertz CT molecular complexity index is 503. The van der Waals surface area contributed by atoms with E-state index in [0.29, 0.717) is 12.4 Å². The van der Waals surface area contributed by atoms with Crippen LogP contribution >= 0.6 is 0 Å². The summed E-state index contributed by atoms with van der Waals surface area (Å²) >= 11 is 0. The molecule has 104 valence electrons. The highest BCUT2D eigenvalue weighted by Crippen LogP contribution is 2.46. The van der Waals surface area contributed by atoms with Crippen molar-refractivity contribution in [3.8, 4) is 5.75 Å². The van der Waals surface area contributed by atoms with Gasteiger partial charge in [0.15, 0.2) is 0 Å². The van der Waals surface area contributed by atoms with Crippen molar-refractivity contribution >= 4 is 0 Å². The number of fused-ring (bicyclic) bond motifs is 1. The van der Waals surface area contributed by atoms with E-state index >= 15 is 0 Å². The van der Waals surface area contributed by atoms with Gasteiger partial charge < -0.3 is 15.2 Å². The van der Waals surface area contributed by atoms with Gasteiger partial charge in [-0.05, 0) is 19.9 Å². The molecule has 0 radical (unpaired) electrons. The lowest BCUT2D eigenvalue weighted by atomic mass is 9.77. The molecular formula is C15H20FNO2. The SMILES string of the molecule is CC1(C)CC2(CCO1)C[C@H](N)c1ccc(F)cc1O2. The third kappa shape index (κ3) is 2.35. The maximum absolute atomic E-state index is 13.4. The average molecular weight is 265 g/mol. The molecule has 0 saturated carbocycles. The van der Waals surface area contributed by atoms with Gasteiger partial charge in [-0.3, -0.25) is 0 Å². The highest BCUT2D eigenvalue weighted by molar-refractivity contribution is 5.39. The summed E-state index contributed by atoms with van der Waals surface area (Å²) in [4.78, 5) is 0. The maximum atomic E-state index is 13.4. The number of nitrogens with two attached hydrogens (primary N) is 1. The van der Waals surface area contributed by atoms with E-state index in [9.17, 15) is 4.39 Å². The van der Waals surface area contributed by atoms with Crippen LogP contribution in [0.25, 0.3) is 0 Å². The summed E-state index contributed by atoms with van der Waals surface area (Å²) in [5, 5.41) is 0. The van der Waals surface area contributed by atoms with E-state index < -0.39 is 0 Å². The fourth-order valence-electron chi connectivity index (χ4n) is 3.38. The van der Waals surface area contributed by atoms with Crippen molar-refractivity contribution in [1.82, 2.24) is 0 Å². The molecule has 1 fully saturated rings. The van der Waals surface area contributed by atoms with Gasteiger partial charge in [0.25, 0.3) is 0 Å². The van der Waals surface area contributed by atoms with Crippen LogP contribution in [-0.2, 0) is 4.74 Å². The molecule has 3 rings (SSSR count). The van der Waals surface area contributed by atoms with Gasteiger partial charge in [-0.2, -0.15) is 0 Å². The third-order valence-corrected chi connectivity index (χ3v) is 4.09. The van der Waals surface area contributed by atoms with Gasteiger partial charge in [0, 0.05) is 36.9 Å². The van der Waals surface area contributed by atoms with E-state index in [4.69, 9.17) is 15.2 Å². The first-order valence-corrected chi connectivity index (χ1v) is 6.77. The quantitative estimate of drug-likeness (QED) is 0.784. The van der Waals surface area contributed by atoms with Crippen molar-refractivity contribution in [2.75, 3.05) is 6.61 Å². The average Bonchev–Trinajstić information content (AvgIpc) is 2.25. The molecule has 2 aliphatic rings. The van der Waals surface area contributed by atoms with Gasteiger partial charge in [-0.1, -0.05) is 6.07 Å². The van der Waals surface area contributed by atoms with Crippen LogP contribution in [0, 0.1) is 5.82 Å². The van der Waals surface area contributed by atoms with Crippen molar-refractivity contribution in [3.63, 3.8) is 0 Å². The largest absolute Gasteiger partial charge is 0.487 e. The fraction of sp³-hybridized carbons (Fsp3) is 0.600. The minimum Gasteiger partial charge on any atom is -0.487 e. The van der Waals surface area contributed by atoms with Gasteiger partial charge in [0.1, 0.15) is 17.2 Å². The molecule has 2 atom stereocenters. The summed E-state index contributed by atoms with van der Waals surface area (Å²) in [5.74, 6) is 0.311. The molecule has 2 heterocycles. The van der Waals surface area contributed by atoms with Crippen molar-refractivity contribution in [1.29, 1.82) is 0 Å². The van der Waals surface area contributed by atoms with Crippen LogP contribution < -0.4 is 10.5 Å². The fourth-order valence-corrected chi connectivity index (χ4v) is 3.38. The molecule has 4 heteroatoms. The van der Waals surface area contributed by atoms with E-state index in [1.165, 1.54) is 12.1 Å². The Morgan fingerprint density at radius 1 is 1.37 bits per heavy atom. The normalized spacial score (nSPS) is 32.7. The zero-order valence-corrected chi connectivity index (χ0v) is 11.4. The highest BCUT2D eigenvalue weighted by atomic mass is 19.1. The summed E-state index contributed by atoms with van der Waals surface area (Å²) in [5.41, 5.74) is 6.61. The van der Waals surface area contributed by atoms with E-state index in [-0.39, 0.29) is 23.1 Å². The molecule has 1 saturated heterocycles. The van der Waals surface area contributed by atoms with Crippen LogP contribution in [0.4, 0.5) is 4.39 Å². The molecule has 0 aromatic heterocycles. The molecule has 3 nitrogen and oxygen atoms in total. The number of halogens is 1. The number of benzene rings is 1. The van der Waals surface area contributed by atoms with E-state index in [1.807, 2.05) is 0 Å². The van der Waals surface area contributed by atoms with Crippen molar-refractivity contribution in [2.24, 2.45) is 5.73 Å². The van der Waals surface area contributed by atoms with Crippen molar-refractivity contribution < 1.29 is 13.9 Å². The van der Waals surface area contributed by atoms with Crippen LogP contribution in [0.5, 0.6) is 5.75 Å². The number of rotatable bonds is 0. The molecule has 1 aromatic carbocycles. The first kappa shape index (κ1) is 12.9. The molecule has 0 aliphatic carbocycles. The molecular weight excluding hydrogens is 245 g/mol. The molecule has 2 aliphatic heterocycles. The zero-order chi connectivity index (χ0) is 13.7. The Labute approximate surface area is 112 Å². The molecule has 2 N–H and O–H groups in total. The lowest BCUT2D eigenvalue weighted by molar-refractivity contribution is -0.141. The summed E-state index contributed by atoms with van der Waals surface area (Å²) in [6.45, 7) is 4.78. The second kappa shape index (κ2) is 4.18. The first-order valence-electron chi connectivity index (χ1n) is 6.77. The predicted octanol–water partition coefficient (Wildman–Crippen LogP) is 2.94. The second-order valence-corrected chi connectivity index (χ2v) is 6.31. The van der Waals surface area contributed by atoms with Crippen LogP contribution in [-0.4, -0.2) is 17.8 Å². The number of hydrogen-bond donors (Lipinski definition) is 1. The Hall–Kier alpha value is -1.13. The molecule has 0 amide bonds. The lowest BCUT2D eigenvalue weighted by Crippen LogP contribution is -2.52. The van der Waals surface area contributed by atoms with Gasteiger partial charge in [0.2, 0.25) is 0 Å². The van der Waals surface area contributed by atoms with Crippen molar-refractivity contribution in [3.05, 3.63) is 29.6 Å². The summed E-state index contributed by atoms with van der Waals surface area (Å²) in [6.07, 6.45) is 2.35. The zero-order valence-electron chi connectivity index (χ0n) is 11.4. The van der Waals surface area contributed by atoms with Crippen molar-refractivity contribution in [2.45, 2.75) is 50.4 Å². The van der Waals surface area contributed by atoms with Crippen LogP contribution in [0.1, 0.15) is 44.7 Å². The minimum absolute atomic E-state index is 0.0988. The molecule has 0 bridgehead atoms. The summed E-state index contributed by atoms with van der Waals surface area (Å²) in [7, 11) is 0. The Morgan fingerprint density at radius 3 is 2.89 bits per heavy atom. The minimum atomic E-state index is -0.318. The highest BCUT2D eigenvalue weighted by Gasteiger charge is 2.46. The standard InChI is InChI=1S/C15H20FNO2/c1-14(2)9-15(5-6-18-14)8-12(17)11-4-3-10(16)7-13(11)19-15/h3-4,7,12H,5-6,8-9,17H2,1-2H3/t12-,15?/m0/s1. The Kier molecular flexibility index (Phi) is 2.84. The maximum Gasteiger partial charge on any atom is 0.127 e. The first-order chi connectivity index (χ1) is 8.89.